The maximum atomic E-state index is 13.8. The van der Waals surface area contributed by atoms with Crippen LogP contribution in [0.5, 0.6) is 0 Å². The number of hydrogen-bond acceptors (Lipinski definition) is 8. The van der Waals surface area contributed by atoms with E-state index in [0.29, 0.717) is 17.0 Å². The minimum atomic E-state index is -1.29. The number of benzene rings is 1. The number of anilines is 1. The lowest BCUT2D eigenvalue weighted by atomic mass is 10.1. The Bertz CT molecular complexity index is 1060. The molecule has 0 radical (unpaired) electrons. The van der Waals surface area contributed by atoms with Crippen molar-refractivity contribution in [1.29, 1.82) is 0 Å². The summed E-state index contributed by atoms with van der Waals surface area (Å²) in [7, 11) is 1.62. The minimum absolute atomic E-state index is 0.156. The van der Waals surface area contributed by atoms with Gasteiger partial charge in [-0.1, -0.05) is 9.71 Å². The zero-order valence-corrected chi connectivity index (χ0v) is 15.8. The molecular formula is C18H20F2N5O5+. The van der Waals surface area contributed by atoms with Crippen LogP contribution in [-0.2, 0) is 11.3 Å². The van der Waals surface area contributed by atoms with Crippen molar-refractivity contribution in [2.75, 3.05) is 19.0 Å². The van der Waals surface area contributed by atoms with Gasteiger partial charge < -0.3 is 30.2 Å². The number of aliphatic hydroxyl groups excluding tert-OH is 3. The van der Waals surface area contributed by atoms with Crippen LogP contribution in [-0.4, -0.2) is 61.8 Å². The second-order valence-corrected chi connectivity index (χ2v) is 6.73. The van der Waals surface area contributed by atoms with Crippen LogP contribution in [0.25, 0.3) is 11.2 Å². The van der Waals surface area contributed by atoms with Crippen molar-refractivity contribution in [2.45, 2.75) is 31.1 Å². The van der Waals surface area contributed by atoms with Crippen molar-refractivity contribution >= 4 is 17.0 Å². The zero-order chi connectivity index (χ0) is 21.4. The number of fused-ring (bicyclic) bond motifs is 1. The molecule has 4 N–H and O–H groups in total. The predicted molar refractivity (Wildman–Crippen MR) is 96.9 cm³/mol. The maximum absolute atomic E-state index is 13.8. The molecule has 0 unspecified atom stereocenters. The van der Waals surface area contributed by atoms with Crippen LogP contribution < -0.4 is 14.9 Å². The Hall–Kier alpha value is -2.93. The lowest BCUT2D eigenvalue weighted by Gasteiger charge is -2.15. The van der Waals surface area contributed by atoms with Gasteiger partial charge >= 0.3 is 0 Å². The minimum Gasteiger partial charge on any atom is -0.394 e. The van der Waals surface area contributed by atoms with Crippen molar-refractivity contribution in [2.24, 2.45) is 0 Å². The van der Waals surface area contributed by atoms with Crippen LogP contribution in [0.4, 0.5) is 14.6 Å². The van der Waals surface area contributed by atoms with Gasteiger partial charge in [-0.05, 0) is 12.1 Å². The topological polar surface area (TPSA) is 126 Å². The number of ether oxygens (including phenoxy) is 1. The third-order valence-electron chi connectivity index (χ3n) is 4.90. The fourth-order valence-corrected chi connectivity index (χ4v) is 3.32. The molecule has 12 heteroatoms. The number of rotatable bonds is 6. The van der Waals surface area contributed by atoms with Crippen LogP contribution in [0.2, 0.25) is 0 Å². The van der Waals surface area contributed by atoms with Crippen molar-refractivity contribution in [3.05, 3.63) is 48.1 Å². The first kappa shape index (κ1) is 20.3. The third-order valence-corrected chi connectivity index (χ3v) is 4.90. The molecule has 0 amide bonds. The molecule has 0 bridgehead atoms. The van der Waals surface area contributed by atoms with Crippen LogP contribution in [0.15, 0.2) is 30.9 Å². The van der Waals surface area contributed by atoms with Crippen LogP contribution in [0, 0.1) is 11.6 Å². The lowest BCUT2D eigenvalue weighted by molar-refractivity contribution is -0.885. The molecule has 30 heavy (non-hydrogen) atoms. The summed E-state index contributed by atoms with van der Waals surface area (Å²) in [4.78, 5) is 14.1. The molecule has 1 aliphatic rings. The fourth-order valence-electron chi connectivity index (χ4n) is 3.32. The molecule has 10 nitrogen and oxygen atoms in total. The summed E-state index contributed by atoms with van der Waals surface area (Å²) in [5.74, 6) is -1.03. The maximum Gasteiger partial charge on any atom is 0.291 e. The lowest BCUT2D eigenvalue weighted by Crippen LogP contribution is -2.45. The summed E-state index contributed by atoms with van der Waals surface area (Å²) in [6.07, 6.45) is -1.79. The van der Waals surface area contributed by atoms with E-state index in [0.717, 1.165) is 12.1 Å². The van der Waals surface area contributed by atoms with E-state index in [9.17, 15) is 24.1 Å². The quantitative estimate of drug-likeness (QED) is 0.382. The highest BCUT2D eigenvalue weighted by Crippen LogP contribution is 2.31. The van der Waals surface area contributed by atoms with E-state index in [-0.39, 0.29) is 12.2 Å². The normalized spacial score (nSPS) is 23.8. The molecular weight excluding hydrogens is 404 g/mol. The van der Waals surface area contributed by atoms with Gasteiger partial charge in [0.1, 0.15) is 36.3 Å². The second-order valence-electron chi connectivity index (χ2n) is 6.73. The first-order valence-electron chi connectivity index (χ1n) is 9.09. The zero-order valence-electron chi connectivity index (χ0n) is 15.8. The van der Waals surface area contributed by atoms with Gasteiger partial charge in [0.25, 0.3) is 12.1 Å². The Labute approximate surface area is 168 Å². The van der Waals surface area contributed by atoms with E-state index in [1.165, 1.54) is 28.0 Å². The summed E-state index contributed by atoms with van der Waals surface area (Å²) in [5, 5.41) is 32.4. The number of aliphatic hydroxyl groups is 3. The van der Waals surface area contributed by atoms with Gasteiger partial charge in [-0.2, -0.15) is 0 Å². The number of halogens is 2. The molecule has 160 valence electrons. The Kier molecular flexibility index (Phi) is 5.47. The molecule has 3 heterocycles. The van der Waals surface area contributed by atoms with E-state index in [1.54, 1.807) is 7.05 Å². The summed E-state index contributed by atoms with van der Waals surface area (Å²) >= 11 is 0. The van der Waals surface area contributed by atoms with Crippen LogP contribution in [0.1, 0.15) is 11.8 Å². The van der Waals surface area contributed by atoms with Gasteiger partial charge in [0.2, 0.25) is 11.2 Å². The summed E-state index contributed by atoms with van der Waals surface area (Å²) in [6, 6.07) is 3.19. The SMILES string of the molecule is CNc1c2ncn([C@@H]3O[C@H](CO)[C@@H](O)[C@H]3O)c2nc[n+]1OCc1ccc(F)cc1F. The largest absolute Gasteiger partial charge is 0.394 e. The van der Waals surface area contributed by atoms with Crippen molar-refractivity contribution in [1.82, 2.24) is 14.5 Å². The number of imidazole rings is 1. The smallest absolute Gasteiger partial charge is 0.291 e. The number of aromatic nitrogens is 4. The summed E-state index contributed by atoms with van der Waals surface area (Å²) < 4.78 is 35.1. The molecule has 2 aromatic heterocycles. The van der Waals surface area contributed by atoms with Gasteiger partial charge in [-0.15, -0.1) is 0 Å². The predicted octanol–water partition coefficient (Wildman–Crippen LogP) is -0.721. The summed E-state index contributed by atoms with van der Waals surface area (Å²) in [6.45, 7) is -0.640. The van der Waals surface area contributed by atoms with E-state index < -0.39 is 42.8 Å². The third kappa shape index (κ3) is 3.43. The number of nitrogens with zero attached hydrogens (tertiary/aromatic N) is 4. The monoisotopic (exact) mass is 424 g/mol. The second kappa shape index (κ2) is 8.07. The first-order chi connectivity index (χ1) is 14.4. The molecule has 0 spiro atoms. The molecule has 0 saturated carbocycles. The number of hydrogen-bond donors (Lipinski definition) is 4. The highest BCUT2D eigenvalue weighted by Gasteiger charge is 2.44. The van der Waals surface area contributed by atoms with E-state index in [1.807, 2.05) is 0 Å². The highest BCUT2D eigenvalue weighted by molar-refractivity contribution is 5.80. The first-order valence-corrected chi connectivity index (χ1v) is 9.09. The van der Waals surface area contributed by atoms with E-state index >= 15 is 0 Å². The van der Waals surface area contributed by atoms with Crippen LogP contribution in [0.3, 0.4) is 0 Å². The standard InChI is InChI=1S/C18H19F2N5O5/c1-21-16-13-17(24(7-22-13)18-15(28)14(27)12(5-26)30-18)23-8-25(16)29-6-9-2-3-10(19)4-11(9)20/h2-4,7-8,12,14-15,18,26-28H,5-6H2,1H3/p+1/t12-,14-,15-,18-/m1/s1. The summed E-state index contributed by atoms with van der Waals surface area (Å²) in [5.41, 5.74) is 0.836. The highest BCUT2D eigenvalue weighted by atomic mass is 19.1. The molecule has 0 aliphatic carbocycles. The Morgan fingerprint density at radius 3 is 2.73 bits per heavy atom. The van der Waals surface area contributed by atoms with Gasteiger partial charge in [-0.25, -0.2) is 13.8 Å². The van der Waals surface area contributed by atoms with Crippen molar-refractivity contribution in [3.8, 4) is 0 Å². The van der Waals surface area contributed by atoms with Crippen molar-refractivity contribution < 1.29 is 38.4 Å². The van der Waals surface area contributed by atoms with E-state index in [2.05, 4.69) is 15.3 Å². The molecule has 1 aliphatic heterocycles. The number of nitrogens with one attached hydrogen (secondary N) is 1. The van der Waals surface area contributed by atoms with E-state index in [4.69, 9.17) is 9.57 Å². The van der Waals surface area contributed by atoms with Gasteiger partial charge in [0.15, 0.2) is 12.8 Å². The average Bonchev–Trinajstić information content (AvgIpc) is 3.28. The van der Waals surface area contributed by atoms with Crippen molar-refractivity contribution in [3.63, 3.8) is 0 Å². The van der Waals surface area contributed by atoms with Gasteiger partial charge in [0, 0.05) is 11.6 Å². The fraction of sp³-hybridized carbons (Fsp3) is 0.389. The Balaban J connectivity index is 1.63. The molecule has 1 fully saturated rings. The Morgan fingerprint density at radius 1 is 1.27 bits per heavy atom. The van der Waals surface area contributed by atoms with Gasteiger partial charge in [-0.3, -0.25) is 4.57 Å². The Morgan fingerprint density at radius 2 is 2.07 bits per heavy atom. The average molecular weight is 424 g/mol. The molecule has 1 aromatic carbocycles. The molecule has 4 rings (SSSR count). The molecule has 4 atom stereocenters. The van der Waals surface area contributed by atoms with Crippen LogP contribution >= 0.6 is 0 Å². The molecule has 1 saturated heterocycles. The van der Waals surface area contributed by atoms with Gasteiger partial charge in [0.05, 0.1) is 13.7 Å². The molecule has 3 aromatic rings.